The predicted octanol–water partition coefficient (Wildman–Crippen LogP) is 2.04. The Labute approximate surface area is 152 Å². The van der Waals surface area contributed by atoms with Gasteiger partial charge in [-0.3, -0.25) is 10.1 Å². The minimum Gasteiger partial charge on any atom is -0.496 e. The second-order valence-electron chi connectivity index (χ2n) is 6.00. The van der Waals surface area contributed by atoms with E-state index in [1.807, 2.05) is 32.9 Å². The van der Waals surface area contributed by atoms with Crippen LogP contribution < -0.4 is 25.8 Å². The molecule has 4 N–H and O–H groups in total. The average molecular weight is 402 g/mol. The van der Waals surface area contributed by atoms with Crippen molar-refractivity contribution in [1.82, 2.24) is 10.6 Å². The highest BCUT2D eigenvalue weighted by Crippen LogP contribution is 2.32. The number of carbonyl (C=O) groups is 1. The van der Waals surface area contributed by atoms with Gasteiger partial charge in [0.25, 0.3) is 0 Å². The van der Waals surface area contributed by atoms with E-state index in [1.165, 1.54) is 0 Å². The Morgan fingerprint density at radius 2 is 1.83 bits per heavy atom. The lowest BCUT2D eigenvalue weighted by molar-refractivity contribution is -0.124. The van der Waals surface area contributed by atoms with Crippen molar-refractivity contribution in [1.29, 1.82) is 0 Å². The molecular formula is C17H28BrN3O3. The fourth-order valence-corrected chi connectivity index (χ4v) is 2.69. The van der Waals surface area contributed by atoms with E-state index in [1.54, 1.807) is 14.2 Å². The molecule has 0 spiro atoms. The van der Waals surface area contributed by atoms with Crippen LogP contribution in [0, 0.1) is 5.92 Å². The average Bonchev–Trinajstić information content (AvgIpc) is 2.54. The molecule has 1 unspecified atom stereocenters. The van der Waals surface area contributed by atoms with Crippen LogP contribution in [-0.2, 0) is 11.2 Å². The first-order valence-corrected chi connectivity index (χ1v) is 8.79. The van der Waals surface area contributed by atoms with Crippen LogP contribution in [0.15, 0.2) is 16.6 Å². The zero-order chi connectivity index (χ0) is 18.3. The maximum atomic E-state index is 11.9. The number of nitrogens with two attached hydrogens (primary N) is 1. The second-order valence-corrected chi connectivity index (χ2v) is 6.86. The number of rotatable bonds is 9. The summed E-state index contributed by atoms with van der Waals surface area (Å²) in [6.45, 7) is 6.43. The molecule has 1 aromatic carbocycles. The third-order valence-corrected chi connectivity index (χ3v) is 4.40. The quantitative estimate of drug-likeness (QED) is 0.551. The van der Waals surface area contributed by atoms with Gasteiger partial charge in [-0.25, -0.2) is 0 Å². The molecule has 0 heterocycles. The number of nitrogens with one attached hydrogen (secondary N) is 2. The Morgan fingerprint density at radius 3 is 2.38 bits per heavy atom. The number of ether oxygens (including phenoxy) is 2. The molecule has 1 amide bonds. The van der Waals surface area contributed by atoms with Crippen molar-refractivity contribution in [3.63, 3.8) is 0 Å². The van der Waals surface area contributed by atoms with Crippen molar-refractivity contribution in [2.24, 2.45) is 11.7 Å². The lowest BCUT2D eigenvalue weighted by Crippen LogP contribution is -2.51. The molecule has 0 bridgehead atoms. The van der Waals surface area contributed by atoms with E-state index in [-0.39, 0.29) is 18.0 Å². The van der Waals surface area contributed by atoms with Gasteiger partial charge in [-0.15, -0.1) is 0 Å². The van der Waals surface area contributed by atoms with Crippen molar-refractivity contribution < 1.29 is 14.3 Å². The molecule has 7 heteroatoms. The highest BCUT2D eigenvalue weighted by molar-refractivity contribution is 9.10. The molecule has 6 nitrogen and oxygen atoms in total. The number of benzene rings is 1. The molecule has 0 radical (unpaired) electrons. The van der Waals surface area contributed by atoms with Crippen LogP contribution in [0.25, 0.3) is 0 Å². The fourth-order valence-electron chi connectivity index (χ4n) is 2.21. The summed E-state index contributed by atoms with van der Waals surface area (Å²) >= 11 is 3.45. The molecule has 0 fully saturated rings. The Kier molecular flexibility index (Phi) is 8.52. The Morgan fingerprint density at radius 1 is 1.21 bits per heavy atom. The van der Waals surface area contributed by atoms with Gasteiger partial charge in [-0.2, -0.15) is 0 Å². The fraction of sp³-hybridized carbons (Fsp3) is 0.588. The Hall–Kier alpha value is -1.31. The highest BCUT2D eigenvalue weighted by atomic mass is 79.9. The summed E-state index contributed by atoms with van der Waals surface area (Å²) in [5.41, 5.74) is 6.87. The van der Waals surface area contributed by atoms with Crippen LogP contribution in [0.1, 0.15) is 26.3 Å². The van der Waals surface area contributed by atoms with Crippen molar-refractivity contribution in [3.05, 3.63) is 22.2 Å². The van der Waals surface area contributed by atoms with Crippen LogP contribution >= 0.6 is 15.9 Å². The van der Waals surface area contributed by atoms with Crippen LogP contribution in [0.5, 0.6) is 11.5 Å². The van der Waals surface area contributed by atoms with E-state index in [0.717, 1.165) is 28.0 Å². The van der Waals surface area contributed by atoms with Gasteiger partial charge in [-0.1, -0.05) is 13.8 Å². The molecule has 0 saturated heterocycles. The highest BCUT2D eigenvalue weighted by Gasteiger charge is 2.18. The number of carbonyl (C=O) groups excluding carboxylic acids is 1. The molecule has 0 aliphatic heterocycles. The van der Waals surface area contributed by atoms with Gasteiger partial charge in [-0.05, 0) is 52.9 Å². The summed E-state index contributed by atoms with van der Waals surface area (Å²) in [7, 11) is 3.27. The number of amides is 1. The molecule has 136 valence electrons. The first kappa shape index (κ1) is 20.7. The first-order valence-electron chi connectivity index (χ1n) is 7.99. The lowest BCUT2D eigenvalue weighted by atomic mass is 10.1. The summed E-state index contributed by atoms with van der Waals surface area (Å²) in [4.78, 5) is 11.9. The first-order chi connectivity index (χ1) is 11.3. The van der Waals surface area contributed by atoms with Crippen molar-refractivity contribution in [2.75, 3.05) is 20.8 Å². The van der Waals surface area contributed by atoms with Crippen LogP contribution in [0.3, 0.4) is 0 Å². The summed E-state index contributed by atoms with van der Waals surface area (Å²) < 4.78 is 11.6. The maximum Gasteiger partial charge on any atom is 0.238 e. The standard InChI is InChI=1S/C17H28BrN3O3/c1-10(2)16(19)17(22)21-11(3)20-7-6-12-8-15(24-5)13(18)9-14(12)23-4/h8-11,16,20H,6-7,19H2,1-5H3,(H,21,22)/t11?,16-/m0/s1. The zero-order valence-corrected chi connectivity index (χ0v) is 16.6. The van der Waals surface area contributed by atoms with Gasteiger partial charge >= 0.3 is 0 Å². The number of halogens is 1. The molecule has 0 aliphatic carbocycles. The molecule has 0 aromatic heterocycles. The second kappa shape index (κ2) is 9.86. The molecular weight excluding hydrogens is 374 g/mol. The minimum atomic E-state index is -0.495. The topological polar surface area (TPSA) is 85.6 Å². The number of methoxy groups -OCH3 is 2. The van der Waals surface area contributed by atoms with Gasteiger partial charge < -0.3 is 20.5 Å². The van der Waals surface area contributed by atoms with E-state index < -0.39 is 6.04 Å². The van der Waals surface area contributed by atoms with Crippen LogP contribution in [-0.4, -0.2) is 38.9 Å². The molecule has 1 rings (SSSR count). The summed E-state index contributed by atoms with van der Waals surface area (Å²) in [6, 6.07) is 3.34. The maximum absolute atomic E-state index is 11.9. The van der Waals surface area contributed by atoms with Gasteiger partial charge in [0.1, 0.15) is 11.5 Å². The largest absolute Gasteiger partial charge is 0.496 e. The molecule has 2 atom stereocenters. The van der Waals surface area contributed by atoms with E-state index >= 15 is 0 Å². The lowest BCUT2D eigenvalue weighted by Gasteiger charge is -2.21. The minimum absolute atomic E-state index is 0.108. The van der Waals surface area contributed by atoms with E-state index in [0.29, 0.717) is 6.54 Å². The van der Waals surface area contributed by atoms with Gasteiger partial charge in [0.05, 0.1) is 30.9 Å². The van der Waals surface area contributed by atoms with E-state index in [2.05, 4.69) is 26.6 Å². The molecule has 1 aromatic rings. The van der Waals surface area contributed by atoms with Crippen LogP contribution in [0.4, 0.5) is 0 Å². The van der Waals surface area contributed by atoms with Crippen LogP contribution in [0.2, 0.25) is 0 Å². The summed E-state index contributed by atoms with van der Waals surface area (Å²) in [5.74, 6) is 1.52. The van der Waals surface area contributed by atoms with E-state index in [4.69, 9.17) is 15.2 Å². The smallest absolute Gasteiger partial charge is 0.238 e. The normalized spacial score (nSPS) is 13.5. The van der Waals surface area contributed by atoms with Gasteiger partial charge in [0, 0.05) is 6.54 Å². The number of hydrogen-bond acceptors (Lipinski definition) is 5. The number of hydrogen-bond donors (Lipinski definition) is 3. The predicted molar refractivity (Wildman–Crippen MR) is 99.4 cm³/mol. The Balaban J connectivity index is 2.56. The summed E-state index contributed by atoms with van der Waals surface area (Å²) in [5, 5.41) is 6.13. The molecule has 0 aliphatic rings. The third-order valence-electron chi connectivity index (χ3n) is 3.78. The van der Waals surface area contributed by atoms with Gasteiger partial charge in [0.15, 0.2) is 0 Å². The zero-order valence-electron chi connectivity index (χ0n) is 15.0. The van der Waals surface area contributed by atoms with Gasteiger partial charge in [0.2, 0.25) is 5.91 Å². The van der Waals surface area contributed by atoms with Crippen molar-refractivity contribution in [3.8, 4) is 11.5 Å². The monoisotopic (exact) mass is 401 g/mol. The van der Waals surface area contributed by atoms with E-state index in [9.17, 15) is 4.79 Å². The third kappa shape index (κ3) is 5.96. The van der Waals surface area contributed by atoms with Crippen molar-refractivity contribution in [2.45, 2.75) is 39.4 Å². The molecule has 24 heavy (non-hydrogen) atoms. The SMILES string of the molecule is COc1cc(CCNC(C)NC(=O)[C@@H](N)C(C)C)c(OC)cc1Br. The molecule has 0 saturated carbocycles. The summed E-state index contributed by atoms with van der Waals surface area (Å²) in [6.07, 6.45) is 0.578. The van der Waals surface area contributed by atoms with Crippen molar-refractivity contribution >= 4 is 21.8 Å². The Bertz CT molecular complexity index is 552.